The summed E-state index contributed by atoms with van der Waals surface area (Å²) < 4.78 is 14.0. The second kappa shape index (κ2) is 8.04. The zero-order valence-electron chi connectivity index (χ0n) is 13.2. The van der Waals surface area contributed by atoms with Gasteiger partial charge in [0.05, 0.1) is 17.8 Å². The Labute approximate surface area is 140 Å². The number of rotatable bonds is 6. The Kier molecular flexibility index (Phi) is 6.07. The van der Waals surface area contributed by atoms with E-state index in [1.54, 1.807) is 11.1 Å². The van der Waals surface area contributed by atoms with Gasteiger partial charge in [-0.1, -0.05) is 17.7 Å². The summed E-state index contributed by atoms with van der Waals surface area (Å²) in [5.41, 5.74) is 0.776. The van der Waals surface area contributed by atoms with Crippen LogP contribution in [0.1, 0.15) is 16.1 Å². The van der Waals surface area contributed by atoms with E-state index >= 15 is 0 Å². The fourth-order valence-corrected chi connectivity index (χ4v) is 2.25. The van der Waals surface area contributed by atoms with Crippen LogP contribution in [0.4, 0.5) is 4.39 Å². The van der Waals surface area contributed by atoms with Crippen molar-refractivity contribution in [2.75, 3.05) is 27.2 Å². The number of carbonyl (C=O) groups is 1. The average Bonchev–Trinajstić information content (AvgIpc) is 2.51. The maximum Gasteiger partial charge on any atom is 0.257 e. The molecule has 4 nitrogen and oxygen atoms in total. The van der Waals surface area contributed by atoms with E-state index in [0.717, 1.165) is 11.8 Å². The molecule has 2 rings (SSSR count). The lowest BCUT2D eigenvalue weighted by Gasteiger charge is -2.24. The highest BCUT2D eigenvalue weighted by Gasteiger charge is 2.20. The van der Waals surface area contributed by atoms with E-state index in [9.17, 15) is 9.18 Å². The first-order valence-electron chi connectivity index (χ1n) is 7.26. The number of benzene rings is 1. The van der Waals surface area contributed by atoms with Crippen molar-refractivity contribution in [1.82, 2.24) is 14.8 Å². The summed E-state index contributed by atoms with van der Waals surface area (Å²) in [4.78, 5) is 20.5. The molecule has 1 heterocycles. The second-order valence-corrected chi connectivity index (χ2v) is 5.91. The third-order valence-electron chi connectivity index (χ3n) is 3.34. The van der Waals surface area contributed by atoms with Gasteiger partial charge in [-0.25, -0.2) is 4.39 Å². The third-order valence-corrected chi connectivity index (χ3v) is 3.58. The van der Waals surface area contributed by atoms with Gasteiger partial charge in [0, 0.05) is 24.3 Å². The molecule has 0 saturated heterocycles. The molecule has 0 bridgehead atoms. The Morgan fingerprint density at radius 3 is 2.61 bits per heavy atom. The second-order valence-electron chi connectivity index (χ2n) is 5.48. The van der Waals surface area contributed by atoms with E-state index in [-0.39, 0.29) is 16.5 Å². The first kappa shape index (κ1) is 17.4. The summed E-state index contributed by atoms with van der Waals surface area (Å²) in [6.07, 6.45) is 1.67. The van der Waals surface area contributed by atoms with E-state index in [1.165, 1.54) is 12.1 Å². The standard InChI is InChI=1S/C17H19ClFN3O/c1-21(2)9-10-22(12-14-5-3-4-8-20-14)17(23)15-7-6-13(18)11-16(15)19/h3-8,11H,9-10,12H2,1-2H3. The summed E-state index contributed by atoms with van der Waals surface area (Å²) >= 11 is 5.75. The molecular weight excluding hydrogens is 317 g/mol. The van der Waals surface area contributed by atoms with Crippen LogP contribution in [0.5, 0.6) is 0 Å². The van der Waals surface area contributed by atoms with Gasteiger partial charge >= 0.3 is 0 Å². The Bertz CT molecular complexity index is 664. The Balaban J connectivity index is 2.22. The van der Waals surface area contributed by atoms with Gasteiger partial charge in [-0.3, -0.25) is 9.78 Å². The summed E-state index contributed by atoms with van der Waals surface area (Å²) in [5.74, 6) is -0.981. The molecule has 23 heavy (non-hydrogen) atoms. The molecule has 1 aromatic heterocycles. The molecule has 0 N–H and O–H groups in total. The van der Waals surface area contributed by atoms with E-state index in [2.05, 4.69) is 4.98 Å². The smallest absolute Gasteiger partial charge is 0.257 e. The topological polar surface area (TPSA) is 36.4 Å². The van der Waals surface area contributed by atoms with Crippen molar-refractivity contribution in [3.05, 3.63) is 64.7 Å². The van der Waals surface area contributed by atoms with E-state index in [0.29, 0.717) is 19.6 Å². The highest BCUT2D eigenvalue weighted by atomic mass is 35.5. The molecule has 1 aromatic carbocycles. The molecule has 0 aliphatic carbocycles. The molecule has 0 fully saturated rings. The minimum absolute atomic E-state index is 0.0177. The van der Waals surface area contributed by atoms with Gasteiger partial charge < -0.3 is 9.80 Å². The van der Waals surface area contributed by atoms with Crippen LogP contribution < -0.4 is 0 Å². The lowest BCUT2D eigenvalue weighted by molar-refractivity contribution is 0.0725. The highest BCUT2D eigenvalue weighted by Crippen LogP contribution is 2.17. The number of aromatic nitrogens is 1. The summed E-state index contributed by atoms with van der Waals surface area (Å²) in [7, 11) is 3.85. The van der Waals surface area contributed by atoms with Crippen LogP contribution in [0, 0.1) is 5.82 Å². The van der Waals surface area contributed by atoms with E-state index in [1.807, 2.05) is 37.2 Å². The van der Waals surface area contributed by atoms with Crippen LogP contribution in [-0.2, 0) is 6.54 Å². The number of hydrogen-bond acceptors (Lipinski definition) is 3. The molecule has 0 aliphatic heterocycles. The van der Waals surface area contributed by atoms with Gasteiger partial charge in [-0.05, 0) is 44.4 Å². The van der Waals surface area contributed by atoms with E-state index < -0.39 is 5.82 Å². The number of likely N-dealkylation sites (N-methyl/N-ethyl adjacent to an activating group) is 1. The Morgan fingerprint density at radius 2 is 2.00 bits per heavy atom. The van der Waals surface area contributed by atoms with Crippen LogP contribution in [0.3, 0.4) is 0 Å². The van der Waals surface area contributed by atoms with Gasteiger partial charge in [-0.15, -0.1) is 0 Å². The fourth-order valence-electron chi connectivity index (χ4n) is 2.09. The van der Waals surface area contributed by atoms with Gasteiger partial charge in [0.15, 0.2) is 0 Å². The van der Waals surface area contributed by atoms with Gasteiger partial charge in [0.2, 0.25) is 0 Å². The van der Waals surface area contributed by atoms with E-state index in [4.69, 9.17) is 11.6 Å². The van der Waals surface area contributed by atoms with Crippen molar-refractivity contribution in [2.24, 2.45) is 0 Å². The summed E-state index contributed by atoms with van der Waals surface area (Å²) in [6.45, 7) is 1.48. The van der Waals surface area contributed by atoms with Crippen LogP contribution in [-0.4, -0.2) is 47.9 Å². The summed E-state index contributed by atoms with van der Waals surface area (Å²) in [5, 5.41) is 0.267. The van der Waals surface area contributed by atoms with Crippen LogP contribution >= 0.6 is 11.6 Å². The van der Waals surface area contributed by atoms with Crippen molar-refractivity contribution >= 4 is 17.5 Å². The van der Waals surface area contributed by atoms with Gasteiger partial charge in [0.25, 0.3) is 5.91 Å². The number of halogens is 2. The normalized spacial score (nSPS) is 10.8. The SMILES string of the molecule is CN(C)CCN(Cc1ccccn1)C(=O)c1ccc(Cl)cc1F. The first-order valence-corrected chi connectivity index (χ1v) is 7.64. The Morgan fingerprint density at radius 1 is 1.22 bits per heavy atom. The summed E-state index contributed by atoms with van der Waals surface area (Å²) in [6, 6.07) is 9.60. The maximum atomic E-state index is 14.0. The molecular formula is C17H19ClFN3O. The molecule has 0 atom stereocenters. The van der Waals surface area contributed by atoms with Crippen molar-refractivity contribution < 1.29 is 9.18 Å². The minimum Gasteiger partial charge on any atom is -0.331 e. The molecule has 0 unspecified atom stereocenters. The Hall–Kier alpha value is -1.98. The van der Waals surface area contributed by atoms with Gasteiger partial charge in [0.1, 0.15) is 5.82 Å². The minimum atomic E-state index is -0.613. The van der Waals surface area contributed by atoms with Crippen LogP contribution in [0.25, 0.3) is 0 Å². The highest BCUT2D eigenvalue weighted by molar-refractivity contribution is 6.30. The zero-order chi connectivity index (χ0) is 16.8. The zero-order valence-corrected chi connectivity index (χ0v) is 13.9. The first-order chi connectivity index (χ1) is 11.0. The lowest BCUT2D eigenvalue weighted by Crippen LogP contribution is -2.36. The fraction of sp³-hybridized carbons (Fsp3) is 0.294. The molecule has 122 valence electrons. The monoisotopic (exact) mass is 335 g/mol. The van der Waals surface area contributed by atoms with Crippen molar-refractivity contribution in [2.45, 2.75) is 6.54 Å². The molecule has 0 spiro atoms. The maximum absolute atomic E-state index is 14.0. The molecule has 2 aromatic rings. The number of amides is 1. The third kappa shape index (κ3) is 5.01. The average molecular weight is 336 g/mol. The van der Waals surface area contributed by atoms with Crippen molar-refractivity contribution in [3.8, 4) is 0 Å². The lowest BCUT2D eigenvalue weighted by atomic mass is 10.1. The number of pyridine rings is 1. The number of nitrogens with zero attached hydrogens (tertiary/aromatic N) is 3. The number of hydrogen-bond donors (Lipinski definition) is 0. The quantitative estimate of drug-likeness (QED) is 0.814. The molecule has 0 radical (unpaired) electrons. The predicted octanol–water partition coefficient (Wildman–Crippen LogP) is 3.08. The van der Waals surface area contributed by atoms with Crippen molar-refractivity contribution in [3.63, 3.8) is 0 Å². The molecule has 6 heteroatoms. The van der Waals surface area contributed by atoms with Gasteiger partial charge in [-0.2, -0.15) is 0 Å². The number of carbonyl (C=O) groups excluding carboxylic acids is 1. The van der Waals surface area contributed by atoms with Crippen molar-refractivity contribution in [1.29, 1.82) is 0 Å². The molecule has 0 aliphatic rings. The molecule has 0 saturated carbocycles. The largest absolute Gasteiger partial charge is 0.331 e. The van der Waals surface area contributed by atoms with Crippen LogP contribution in [0.2, 0.25) is 5.02 Å². The predicted molar refractivity (Wildman–Crippen MR) is 88.9 cm³/mol. The molecule has 1 amide bonds. The van der Waals surface area contributed by atoms with Crippen LogP contribution in [0.15, 0.2) is 42.6 Å².